The highest BCUT2D eigenvalue weighted by Gasteiger charge is 2.20. The van der Waals surface area contributed by atoms with Crippen LogP contribution < -0.4 is 5.32 Å². The summed E-state index contributed by atoms with van der Waals surface area (Å²) in [6, 6.07) is 0.191. The molecule has 1 aliphatic rings. The second-order valence-electron chi connectivity index (χ2n) is 3.89. The van der Waals surface area contributed by atoms with Crippen LogP contribution in [-0.2, 0) is 4.79 Å². The maximum Gasteiger partial charge on any atom is 0.317 e. The number of piperazine rings is 1. The van der Waals surface area contributed by atoms with Crippen LogP contribution in [0.4, 0.5) is 4.79 Å². The van der Waals surface area contributed by atoms with Gasteiger partial charge in [0.2, 0.25) is 6.41 Å². The van der Waals surface area contributed by atoms with Crippen molar-refractivity contribution in [3.8, 4) is 0 Å². The summed E-state index contributed by atoms with van der Waals surface area (Å²) in [6.07, 6.45) is 1.77. The minimum Gasteiger partial charge on any atom is -0.342 e. The smallest absolute Gasteiger partial charge is 0.317 e. The summed E-state index contributed by atoms with van der Waals surface area (Å²) in [4.78, 5) is 25.6. The summed E-state index contributed by atoms with van der Waals surface area (Å²) < 4.78 is 0. The highest BCUT2D eigenvalue weighted by atomic mass is 16.2. The van der Waals surface area contributed by atoms with E-state index in [0.717, 1.165) is 12.8 Å². The van der Waals surface area contributed by atoms with Crippen molar-refractivity contribution in [2.45, 2.75) is 26.3 Å². The van der Waals surface area contributed by atoms with E-state index in [0.29, 0.717) is 26.2 Å². The van der Waals surface area contributed by atoms with Crippen molar-refractivity contribution in [1.29, 1.82) is 0 Å². The van der Waals surface area contributed by atoms with Crippen molar-refractivity contribution in [3.05, 3.63) is 0 Å². The van der Waals surface area contributed by atoms with E-state index in [1.807, 2.05) is 13.8 Å². The third-order valence-corrected chi connectivity index (χ3v) is 2.73. The molecule has 0 aromatic rings. The molecule has 3 amide bonds. The van der Waals surface area contributed by atoms with Crippen molar-refractivity contribution in [2.75, 3.05) is 26.2 Å². The van der Waals surface area contributed by atoms with Gasteiger partial charge in [0, 0.05) is 32.2 Å². The lowest BCUT2D eigenvalue weighted by molar-refractivity contribution is -0.119. The average molecular weight is 213 g/mol. The summed E-state index contributed by atoms with van der Waals surface area (Å²) >= 11 is 0. The number of urea groups is 1. The van der Waals surface area contributed by atoms with Crippen LogP contribution in [0.1, 0.15) is 20.3 Å². The Morgan fingerprint density at radius 2 is 2.00 bits per heavy atom. The van der Waals surface area contributed by atoms with Gasteiger partial charge in [0.15, 0.2) is 0 Å². The molecule has 1 rings (SSSR count). The lowest BCUT2D eigenvalue weighted by Crippen LogP contribution is -2.52. The summed E-state index contributed by atoms with van der Waals surface area (Å²) in [6.45, 7) is 6.55. The van der Waals surface area contributed by atoms with Gasteiger partial charge in [-0.1, -0.05) is 6.92 Å². The van der Waals surface area contributed by atoms with Gasteiger partial charge >= 0.3 is 6.03 Å². The molecule has 1 heterocycles. The number of carbonyl (C=O) groups excluding carboxylic acids is 2. The Morgan fingerprint density at radius 3 is 2.47 bits per heavy atom. The van der Waals surface area contributed by atoms with Gasteiger partial charge in [0.05, 0.1) is 0 Å². The zero-order valence-electron chi connectivity index (χ0n) is 9.40. The third kappa shape index (κ3) is 3.42. The van der Waals surface area contributed by atoms with Crippen molar-refractivity contribution >= 4 is 12.4 Å². The molecule has 86 valence electrons. The Labute approximate surface area is 90.4 Å². The van der Waals surface area contributed by atoms with E-state index in [9.17, 15) is 9.59 Å². The zero-order valence-corrected chi connectivity index (χ0v) is 9.40. The molecule has 0 aromatic carbocycles. The van der Waals surface area contributed by atoms with Crippen LogP contribution in [-0.4, -0.2) is 54.5 Å². The largest absolute Gasteiger partial charge is 0.342 e. The van der Waals surface area contributed by atoms with Gasteiger partial charge < -0.3 is 15.1 Å². The van der Waals surface area contributed by atoms with Crippen LogP contribution in [0.25, 0.3) is 0 Å². The molecule has 0 aromatic heterocycles. The number of nitrogens with zero attached hydrogens (tertiary/aromatic N) is 2. The number of carbonyl (C=O) groups is 2. The molecule has 0 saturated carbocycles. The molecule has 1 aliphatic heterocycles. The number of amides is 3. The fourth-order valence-electron chi connectivity index (χ4n) is 1.43. The van der Waals surface area contributed by atoms with E-state index in [1.54, 1.807) is 9.80 Å². The second kappa shape index (κ2) is 5.58. The minimum atomic E-state index is -0.0186. The monoisotopic (exact) mass is 213 g/mol. The molecule has 0 radical (unpaired) electrons. The van der Waals surface area contributed by atoms with Gasteiger partial charge in [-0.2, -0.15) is 0 Å². The fraction of sp³-hybridized carbons (Fsp3) is 0.800. The number of hydrogen-bond donors (Lipinski definition) is 1. The Kier molecular flexibility index (Phi) is 4.39. The van der Waals surface area contributed by atoms with Crippen LogP contribution in [0.5, 0.6) is 0 Å². The van der Waals surface area contributed by atoms with Crippen LogP contribution >= 0.6 is 0 Å². The van der Waals surface area contributed by atoms with E-state index >= 15 is 0 Å². The van der Waals surface area contributed by atoms with Crippen LogP contribution in [0.2, 0.25) is 0 Å². The first-order valence-electron chi connectivity index (χ1n) is 5.42. The topological polar surface area (TPSA) is 52.7 Å². The molecule has 15 heavy (non-hydrogen) atoms. The van der Waals surface area contributed by atoms with Gasteiger partial charge in [-0.15, -0.1) is 0 Å². The molecule has 1 saturated heterocycles. The van der Waals surface area contributed by atoms with E-state index in [4.69, 9.17) is 0 Å². The molecule has 1 unspecified atom stereocenters. The van der Waals surface area contributed by atoms with Crippen molar-refractivity contribution in [2.24, 2.45) is 0 Å². The lowest BCUT2D eigenvalue weighted by Gasteiger charge is -2.33. The third-order valence-electron chi connectivity index (χ3n) is 2.73. The first-order valence-corrected chi connectivity index (χ1v) is 5.42. The van der Waals surface area contributed by atoms with Crippen molar-refractivity contribution in [3.63, 3.8) is 0 Å². The molecule has 1 N–H and O–H groups in total. The Morgan fingerprint density at radius 1 is 1.40 bits per heavy atom. The predicted octanol–water partition coefficient (Wildman–Crippen LogP) is 0.269. The van der Waals surface area contributed by atoms with Crippen LogP contribution in [0, 0.1) is 0 Å². The zero-order chi connectivity index (χ0) is 11.3. The normalized spacial score (nSPS) is 18.5. The Hall–Kier alpha value is -1.26. The van der Waals surface area contributed by atoms with E-state index in [1.165, 1.54) is 0 Å². The van der Waals surface area contributed by atoms with E-state index in [-0.39, 0.29) is 12.1 Å². The Balaban J connectivity index is 2.33. The number of nitrogens with one attached hydrogen (secondary N) is 1. The second-order valence-corrected chi connectivity index (χ2v) is 3.89. The molecule has 5 nitrogen and oxygen atoms in total. The van der Waals surface area contributed by atoms with Gasteiger partial charge in [0.1, 0.15) is 0 Å². The molecule has 0 aliphatic carbocycles. The van der Waals surface area contributed by atoms with Crippen LogP contribution in [0.3, 0.4) is 0 Å². The highest BCUT2D eigenvalue weighted by Crippen LogP contribution is 2.00. The molecule has 0 spiro atoms. The Bertz CT molecular complexity index is 225. The molecule has 1 atom stereocenters. The SMILES string of the molecule is CCC(C)NC(=O)N1CCN(C=O)CC1. The standard InChI is InChI=1S/C10H19N3O2/c1-3-9(2)11-10(15)13-6-4-12(8-14)5-7-13/h8-9H,3-7H2,1-2H3,(H,11,15). The lowest BCUT2D eigenvalue weighted by atomic mass is 10.2. The molecule has 5 heteroatoms. The van der Waals surface area contributed by atoms with Gasteiger partial charge in [-0.05, 0) is 13.3 Å². The van der Waals surface area contributed by atoms with E-state index in [2.05, 4.69) is 5.32 Å². The molecular formula is C10H19N3O2. The van der Waals surface area contributed by atoms with Gasteiger partial charge in [0.25, 0.3) is 0 Å². The maximum absolute atomic E-state index is 11.7. The number of hydrogen-bond acceptors (Lipinski definition) is 2. The summed E-state index contributed by atoms with van der Waals surface area (Å²) in [5.74, 6) is 0. The summed E-state index contributed by atoms with van der Waals surface area (Å²) in [7, 11) is 0. The first-order chi connectivity index (χ1) is 7.17. The average Bonchev–Trinajstić information content (AvgIpc) is 2.29. The molecular weight excluding hydrogens is 194 g/mol. The summed E-state index contributed by atoms with van der Waals surface area (Å²) in [5.41, 5.74) is 0. The minimum absolute atomic E-state index is 0.0186. The van der Waals surface area contributed by atoms with Crippen molar-refractivity contribution < 1.29 is 9.59 Å². The van der Waals surface area contributed by atoms with Gasteiger partial charge in [-0.3, -0.25) is 4.79 Å². The maximum atomic E-state index is 11.7. The van der Waals surface area contributed by atoms with E-state index < -0.39 is 0 Å². The number of rotatable bonds is 3. The fourth-order valence-corrected chi connectivity index (χ4v) is 1.43. The van der Waals surface area contributed by atoms with Gasteiger partial charge in [-0.25, -0.2) is 4.79 Å². The van der Waals surface area contributed by atoms with Crippen molar-refractivity contribution in [1.82, 2.24) is 15.1 Å². The van der Waals surface area contributed by atoms with Crippen LogP contribution in [0.15, 0.2) is 0 Å². The molecule has 0 bridgehead atoms. The predicted molar refractivity (Wildman–Crippen MR) is 57.5 cm³/mol. The first kappa shape index (κ1) is 11.8. The summed E-state index contributed by atoms with van der Waals surface area (Å²) in [5, 5.41) is 2.91. The molecule has 1 fully saturated rings. The quantitative estimate of drug-likeness (QED) is 0.684. The highest BCUT2D eigenvalue weighted by molar-refractivity contribution is 5.74.